The SMILES string of the molecule is CCC(CC#N)NC1CCCN(CC)CC1. The molecule has 2 atom stereocenters. The van der Waals surface area contributed by atoms with Crippen molar-refractivity contribution >= 4 is 0 Å². The summed E-state index contributed by atoms with van der Waals surface area (Å²) >= 11 is 0. The molecule has 3 nitrogen and oxygen atoms in total. The summed E-state index contributed by atoms with van der Waals surface area (Å²) in [6.07, 6.45) is 5.48. The van der Waals surface area contributed by atoms with Crippen LogP contribution in [0.4, 0.5) is 0 Å². The molecule has 92 valence electrons. The van der Waals surface area contributed by atoms with Crippen LogP contribution in [0.2, 0.25) is 0 Å². The lowest BCUT2D eigenvalue weighted by molar-refractivity contribution is 0.294. The van der Waals surface area contributed by atoms with Crippen LogP contribution in [0, 0.1) is 11.3 Å². The largest absolute Gasteiger partial charge is 0.310 e. The van der Waals surface area contributed by atoms with E-state index < -0.39 is 0 Å². The summed E-state index contributed by atoms with van der Waals surface area (Å²) in [4.78, 5) is 2.52. The summed E-state index contributed by atoms with van der Waals surface area (Å²) in [5, 5.41) is 12.4. The maximum absolute atomic E-state index is 8.73. The van der Waals surface area contributed by atoms with E-state index in [9.17, 15) is 0 Å². The van der Waals surface area contributed by atoms with Gasteiger partial charge in [0.05, 0.1) is 12.5 Å². The highest BCUT2D eigenvalue weighted by atomic mass is 15.1. The van der Waals surface area contributed by atoms with Gasteiger partial charge in [0.15, 0.2) is 0 Å². The molecule has 2 unspecified atom stereocenters. The molecule has 0 spiro atoms. The van der Waals surface area contributed by atoms with Gasteiger partial charge < -0.3 is 10.2 Å². The van der Waals surface area contributed by atoms with Crippen LogP contribution in [0.1, 0.15) is 46.0 Å². The van der Waals surface area contributed by atoms with Crippen molar-refractivity contribution in [1.29, 1.82) is 5.26 Å². The fraction of sp³-hybridized carbons (Fsp3) is 0.923. The third kappa shape index (κ3) is 4.51. The highest BCUT2D eigenvalue weighted by Crippen LogP contribution is 2.12. The number of hydrogen-bond donors (Lipinski definition) is 1. The van der Waals surface area contributed by atoms with Crippen molar-refractivity contribution in [2.45, 2.75) is 58.0 Å². The zero-order chi connectivity index (χ0) is 11.8. The molecule has 3 heteroatoms. The molecule has 0 radical (unpaired) electrons. The number of rotatable bonds is 5. The number of likely N-dealkylation sites (tertiary alicyclic amines) is 1. The highest BCUT2D eigenvalue weighted by molar-refractivity contribution is 4.84. The van der Waals surface area contributed by atoms with Crippen LogP contribution in [0.3, 0.4) is 0 Å². The molecule has 1 heterocycles. The van der Waals surface area contributed by atoms with E-state index in [0.29, 0.717) is 18.5 Å². The molecule has 1 N–H and O–H groups in total. The first-order valence-electron chi connectivity index (χ1n) is 6.65. The van der Waals surface area contributed by atoms with E-state index in [4.69, 9.17) is 5.26 Å². The molecule has 1 rings (SSSR count). The quantitative estimate of drug-likeness (QED) is 0.776. The molecule has 1 fully saturated rings. The Kier molecular flexibility index (Phi) is 6.44. The number of nitriles is 1. The maximum Gasteiger partial charge on any atom is 0.0638 e. The van der Waals surface area contributed by atoms with Crippen molar-refractivity contribution in [3.05, 3.63) is 0 Å². The summed E-state index contributed by atoms with van der Waals surface area (Å²) < 4.78 is 0. The van der Waals surface area contributed by atoms with Gasteiger partial charge in [0.2, 0.25) is 0 Å². The Hall–Kier alpha value is -0.590. The average Bonchev–Trinajstić information content (AvgIpc) is 2.53. The molecule has 1 aliphatic heterocycles. The van der Waals surface area contributed by atoms with Gasteiger partial charge in [0, 0.05) is 12.1 Å². The van der Waals surface area contributed by atoms with Crippen LogP contribution < -0.4 is 5.32 Å². The summed E-state index contributed by atoms with van der Waals surface area (Å²) in [7, 11) is 0. The standard InChI is InChI=1S/C13H25N3/c1-3-12(7-9-14)15-13-6-5-10-16(4-2)11-8-13/h12-13,15H,3-8,10-11H2,1-2H3. The fourth-order valence-corrected chi connectivity index (χ4v) is 2.40. The molecule has 1 saturated heterocycles. The molecule has 0 saturated carbocycles. The van der Waals surface area contributed by atoms with Gasteiger partial charge in [-0.15, -0.1) is 0 Å². The molecule has 0 aromatic carbocycles. The molecule has 0 bridgehead atoms. The van der Waals surface area contributed by atoms with E-state index in [1.54, 1.807) is 0 Å². The van der Waals surface area contributed by atoms with Crippen LogP contribution >= 0.6 is 0 Å². The van der Waals surface area contributed by atoms with Crippen molar-refractivity contribution < 1.29 is 0 Å². The minimum Gasteiger partial charge on any atom is -0.310 e. The number of hydrogen-bond acceptors (Lipinski definition) is 3. The van der Waals surface area contributed by atoms with E-state index in [1.165, 1.54) is 38.9 Å². The average molecular weight is 223 g/mol. The number of nitrogens with one attached hydrogen (secondary N) is 1. The summed E-state index contributed by atoms with van der Waals surface area (Å²) in [5.74, 6) is 0. The van der Waals surface area contributed by atoms with Gasteiger partial charge in [-0.1, -0.05) is 13.8 Å². The van der Waals surface area contributed by atoms with E-state index in [-0.39, 0.29) is 0 Å². The third-order valence-corrected chi connectivity index (χ3v) is 3.57. The fourth-order valence-electron chi connectivity index (χ4n) is 2.40. The van der Waals surface area contributed by atoms with Crippen LogP contribution in [0.25, 0.3) is 0 Å². The predicted molar refractivity (Wildman–Crippen MR) is 67.2 cm³/mol. The highest BCUT2D eigenvalue weighted by Gasteiger charge is 2.18. The Morgan fingerprint density at radius 2 is 2.19 bits per heavy atom. The van der Waals surface area contributed by atoms with E-state index in [1.807, 2.05) is 0 Å². The summed E-state index contributed by atoms with van der Waals surface area (Å²) in [6.45, 7) is 8.01. The second-order valence-corrected chi connectivity index (χ2v) is 4.70. The van der Waals surface area contributed by atoms with Gasteiger partial charge in [-0.25, -0.2) is 0 Å². The van der Waals surface area contributed by atoms with Gasteiger partial charge in [-0.3, -0.25) is 0 Å². The molecule has 0 aromatic heterocycles. The van der Waals surface area contributed by atoms with E-state index >= 15 is 0 Å². The van der Waals surface area contributed by atoms with Crippen LogP contribution in [0.5, 0.6) is 0 Å². The van der Waals surface area contributed by atoms with Gasteiger partial charge in [-0.05, 0) is 45.3 Å². The van der Waals surface area contributed by atoms with Crippen molar-refractivity contribution in [2.75, 3.05) is 19.6 Å². The second kappa shape index (κ2) is 7.65. The minimum absolute atomic E-state index is 0.392. The molecular weight excluding hydrogens is 198 g/mol. The maximum atomic E-state index is 8.73. The Bertz CT molecular complexity index is 222. The first-order chi connectivity index (χ1) is 7.80. The lowest BCUT2D eigenvalue weighted by atomic mass is 10.1. The smallest absolute Gasteiger partial charge is 0.0638 e. The Labute approximate surface area is 99.8 Å². The van der Waals surface area contributed by atoms with Gasteiger partial charge >= 0.3 is 0 Å². The Balaban J connectivity index is 2.34. The van der Waals surface area contributed by atoms with Crippen LogP contribution in [-0.4, -0.2) is 36.6 Å². The molecule has 1 aliphatic rings. The normalized spacial score (nSPS) is 24.7. The van der Waals surface area contributed by atoms with Gasteiger partial charge in [-0.2, -0.15) is 5.26 Å². The first kappa shape index (κ1) is 13.5. The monoisotopic (exact) mass is 223 g/mol. The minimum atomic E-state index is 0.392. The lowest BCUT2D eigenvalue weighted by Gasteiger charge is -2.22. The molecule has 0 amide bonds. The lowest BCUT2D eigenvalue weighted by Crippen LogP contribution is -2.38. The molecule has 16 heavy (non-hydrogen) atoms. The number of nitrogens with zero attached hydrogens (tertiary/aromatic N) is 2. The van der Waals surface area contributed by atoms with Crippen molar-refractivity contribution in [3.8, 4) is 6.07 Å². The zero-order valence-electron chi connectivity index (χ0n) is 10.7. The van der Waals surface area contributed by atoms with Crippen LogP contribution in [0.15, 0.2) is 0 Å². The van der Waals surface area contributed by atoms with E-state index in [2.05, 4.69) is 30.1 Å². The third-order valence-electron chi connectivity index (χ3n) is 3.57. The Morgan fingerprint density at radius 1 is 1.38 bits per heavy atom. The predicted octanol–water partition coefficient (Wildman–Crippen LogP) is 2.14. The summed E-state index contributed by atoms with van der Waals surface area (Å²) in [6, 6.07) is 3.28. The zero-order valence-corrected chi connectivity index (χ0v) is 10.7. The van der Waals surface area contributed by atoms with Crippen molar-refractivity contribution in [1.82, 2.24) is 10.2 Å². The molecule has 0 aliphatic carbocycles. The topological polar surface area (TPSA) is 39.1 Å². The molecular formula is C13H25N3. The second-order valence-electron chi connectivity index (χ2n) is 4.70. The Morgan fingerprint density at radius 3 is 2.81 bits per heavy atom. The molecule has 0 aromatic rings. The van der Waals surface area contributed by atoms with E-state index in [0.717, 1.165) is 6.42 Å². The van der Waals surface area contributed by atoms with Gasteiger partial charge in [0.25, 0.3) is 0 Å². The summed E-state index contributed by atoms with van der Waals surface area (Å²) in [5.41, 5.74) is 0. The van der Waals surface area contributed by atoms with Crippen LogP contribution in [-0.2, 0) is 0 Å². The van der Waals surface area contributed by atoms with Crippen molar-refractivity contribution in [2.24, 2.45) is 0 Å². The van der Waals surface area contributed by atoms with Gasteiger partial charge in [0.1, 0.15) is 0 Å². The van der Waals surface area contributed by atoms with Crippen molar-refractivity contribution in [3.63, 3.8) is 0 Å². The first-order valence-corrected chi connectivity index (χ1v) is 6.65.